The first-order chi connectivity index (χ1) is 8.44. The van der Waals surface area contributed by atoms with Gasteiger partial charge >= 0.3 is 0 Å². The second-order valence-corrected chi connectivity index (χ2v) is 7.04. The average molecular weight is 245 g/mol. The van der Waals surface area contributed by atoms with E-state index in [1.165, 1.54) is 30.4 Å². The summed E-state index contributed by atoms with van der Waals surface area (Å²) in [5.74, 6) is 0.789. The van der Waals surface area contributed by atoms with Crippen LogP contribution in [0.25, 0.3) is 0 Å². The average Bonchev–Trinajstić information content (AvgIpc) is 2.19. The third-order valence-corrected chi connectivity index (χ3v) is 3.96. The van der Waals surface area contributed by atoms with Crippen LogP contribution >= 0.6 is 0 Å². The van der Waals surface area contributed by atoms with E-state index in [9.17, 15) is 0 Å². The molecule has 0 aliphatic heterocycles. The minimum Gasteiger partial charge on any atom is -0.314 e. The molecule has 1 fully saturated rings. The Labute approximate surface area is 112 Å². The van der Waals surface area contributed by atoms with Gasteiger partial charge in [0.2, 0.25) is 0 Å². The van der Waals surface area contributed by atoms with Crippen LogP contribution in [-0.2, 0) is 0 Å². The minimum atomic E-state index is 0.451. The molecular formula is C17H27N. The van der Waals surface area contributed by atoms with Gasteiger partial charge in [0.15, 0.2) is 0 Å². The van der Waals surface area contributed by atoms with Crippen LogP contribution in [0, 0.1) is 12.3 Å². The van der Waals surface area contributed by atoms with Crippen molar-refractivity contribution in [1.82, 2.24) is 5.32 Å². The largest absolute Gasteiger partial charge is 0.314 e. The summed E-state index contributed by atoms with van der Waals surface area (Å²) in [4.78, 5) is 0. The Hall–Kier alpha value is -0.820. The number of hydrogen-bond acceptors (Lipinski definition) is 1. The zero-order valence-electron chi connectivity index (χ0n) is 12.3. The lowest BCUT2D eigenvalue weighted by molar-refractivity contribution is 0.270. The third-order valence-electron chi connectivity index (χ3n) is 3.96. The van der Waals surface area contributed by atoms with E-state index in [0.29, 0.717) is 5.41 Å². The Bertz CT molecular complexity index is 383. The summed E-state index contributed by atoms with van der Waals surface area (Å²) in [6, 6.07) is 9.74. The molecule has 18 heavy (non-hydrogen) atoms. The molecule has 1 aliphatic rings. The van der Waals surface area contributed by atoms with Gasteiger partial charge in [0.25, 0.3) is 0 Å². The zero-order chi connectivity index (χ0) is 13.2. The molecule has 1 saturated carbocycles. The van der Waals surface area contributed by atoms with Gasteiger partial charge in [0.1, 0.15) is 0 Å². The Balaban J connectivity index is 1.71. The van der Waals surface area contributed by atoms with Crippen LogP contribution in [0.4, 0.5) is 0 Å². The number of nitrogens with one attached hydrogen (secondary N) is 1. The Morgan fingerprint density at radius 2 is 1.94 bits per heavy atom. The molecule has 0 bridgehead atoms. The van der Waals surface area contributed by atoms with Crippen molar-refractivity contribution in [2.75, 3.05) is 6.54 Å². The standard InChI is InChI=1S/C17H27N/c1-13-6-5-7-14(10-13)15-11-16(12-15)18-9-8-17(2,3)4/h5-7,10,15-16,18H,8-9,11-12H2,1-4H3. The van der Waals surface area contributed by atoms with Crippen molar-refractivity contribution in [3.05, 3.63) is 35.4 Å². The van der Waals surface area contributed by atoms with Crippen molar-refractivity contribution >= 4 is 0 Å². The van der Waals surface area contributed by atoms with E-state index in [-0.39, 0.29) is 0 Å². The highest BCUT2D eigenvalue weighted by Crippen LogP contribution is 2.37. The van der Waals surface area contributed by atoms with Crippen LogP contribution in [0.15, 0.2) is 24.3 Å². The summed E-state index contributed by atoms with van der Waals surface area (Å²) in [7, 11) is 0. The van der Waals surface area contributed by atoms with Crippen LogP contribution in [0.2, 0.25) is 0 Å². The van der Waals surface area contributed by atoms with Crippen molar-refractivity contribution in [2.45, 2.75) is 58.9 Å². The molecule has 1 N–H and O–H groups in total. The van der Waals surface area contributed by atoms with E-state index < -0.39 is 0 Å². The van der Waals surface area contributed by atoms with Crippen LogP contribution in [-0.4, -0.2) is 12.6 Å². The number of hydrogen-bond donors (Lipinski definition) is 1. The summed E-state index contributed by atoms with van der Waals surface area (Å²) in [6.07, 6.45) is 3.89. The van der Waals surface area contributed by atoms with Gasteiger partial charge in [-0.1, -0.05) is 50.6 Å². The van der Waals surface area contributed by atoms with Gasteiger partial charge in [-0.3, -0.25) is 0 Å². The monoisotopic (exact) mass is 245 g/mol. The fourth-order valence-corrected chi connectivity index (χ4v) is 2.63. The van der Waals surface area contributed by atoms with Crippen molar-refractivity contribution in [2.24, 2.45) is 5.41 Å². The van der Waals surface area contributed by atoms with E-state index in [1.807, 2.05) is 0 Å². The van der Waals surface area contributed by atoms with E-state index in [4.69, 9.17) is 0 Å². The van der Waals surface area contributed by atoms with E-state index >= 15 is 0 Å². The van der Waals surface area contributed by atoms with Crippen molar-refractivity contribution < 1.29 is 0 Å². The predicted octanol–water partition coefficient (Wildman–Crippen LogP) is 4.27. The first-order valence-corrected chi connectivity index (χ1v) is 7.24. The summed E-state index contributed by atoms with van der Waals surface area (Å²) in [5, 5.41) is 3.69. The summed E-state index contributed by atoms with van der Waals surface area (Å²) >= 11 is 0. The van der Waals surface area contributed by atoms with Gasteiger partial charge < -0.3 is 5.32 Å². The number of benzene rings is 1. The maximum Gasteiger partial charge on any atom is 0.00787 e. The first-order valence-electron chi connectivity index (χ1n) is 7.24. The maximum atomic E-state index is 3.69. The molecule has 2 rings (SSSR count). The smallest absolute Gasteiger partial charge is 0.00787 e. The second kappa shape index (κ2) is 5.44. The quantitative estimate of drug-likeness (QED) is 0.835. The van der Waals surface area contributed by atoms with Gasteiger partial charge in [-0.2, -0.15) is 0 Å². The highest BCUT2D eigenvalue weighted by molar-refractivity contribution is 5.27. The SMILES string of the molecule is Cc1cccc(C2CC(NCCC(C)(C)C)C2)c1. The second-order valence-electron chi connectivity index (χ2n) is 7.04. The topological polar surface area (TPSA) is 12.0 Å². The molecule has 1 aromatic rings. The van der Waals surface area contributed by atoms with Gasteiger partial charge in [-0.25, -0.2) is 0 Å². The van der Waals surface area contributed by atoms with Crippen molar-refractivity contribution in [1.29, 1.82) is 0 Å². The molecule has 0 atom stereocenters. The molecule has 0 saturated heterocycles. The van der Waals surface area contributed by atoms with Crippen LogP contribution in [0.3, 0.4) is 0 Å². The lowest BCUT2D eigenvalue weighted by Gasteiger charge is -2.37. The normalized spacial score (nSPS) is 23.8. The Morgan fingerprint density at radius 1 is 1.22 bits per heavy atom. The minimum absolute atomic E-state index is 0.451. The van der Waals surface area contributed by atoms with Gasteiger partial charge in [-0.15, -0.1) is 0 Å². The highest BCUT2D eigenvalue weighted by atomic mass is 14.9. The lowest BCUT2D eigenvalue weighted by Crippen LogP contribution is -2.41. The Morgan fingerprint density at radius 3 is 2.56 bits per heavy atom. The van der Waals surface area contributed by atoms with Crippen LogP contribution in [0.1, 0.15) is 57.1 Å². The molecule has 1 aromatic carbocycles. The van der Waals surface area contributed by atoms with Crippen LogP contribution < -0.4 is 5.32 Å². The summed E-state index contributed by atoms with van der Waals surface area (Å²) < 4.78 is 0. The number of rotatable bonds is 4. The lowest BCUT2D eigenvalue weighted by atomic mass is 9.75. The molecule has 0 spiro atoms. The van der Waals surface area contributed by atoms with Gasteiger partial charge in [0, 0.05) is 6.04 Å². The molecule has 1 aliphatic carbocycles. The molecule has 0 unspecified atom stereocenters. The number of aryl methyl sites for hydroxylation is 1. The van der Waals surface area contributed by atoms with Gasteiger partial charge in [-0.05, 0) is 49.6 Å². The zero-order valence-corrected chi connectivity index (χ0v) is 12.3. The van der Waals surface area contributed by atoms with Gasteiger partial charge in [0.05, 0.1) is 0 Å². The fraction of sp³-hybridized carbons (Fsp3) is 0.647. The molecule has 0 heterocycles. The fourth-order valence-electron chi connectivity index (χ4n) is 2.63. The van der Waals surface area contributed by atoms with E-state index in [0.717, 1.165) is 18.5 Å². The molecule has 100 valence electrons. The predicted molar refractivity (Wildman–Crippen MR) is 79.0 cm³/mol. The van der Waals surface area contributed by atoms with E-state index in [1.54, 1.807) is 0 Å². The summed E-state index contributed by atoms with van der Waals surface area (Å²) in [6.45, 7) is 10.3. The molecule has 0 aromatic heterocycles. The van der Waals surface area contributed by atoms with E-state index in [2.05, 4.69) is 57.3 Å². The molecular weight excluding hydrogens is 218 g/mol. The summed E-state index contributed by atoms with van der Waals surface area (Å²) in [5.41, 5.74) is 3.37. The maximum absolute atomic E-state index is 3.69. The third kappa shape index (κ3) is 3.84. The molecule has 1 heteroatoms. The molecule has 0 radical (unpaired) electrons. The molecule has 1 nitrogen and oxygen atoms in total. The highest BCUT2D eigenvalue weighted by Gasteiger charge is 2.29. The van der Waals surface area contributed by atoms with Crippen molar-refractivity contribution in [3.63, 3.8) is 0 Å². The van der Waals surface area contributed by atoms with Crippen molar-refractivity contribution in [3.8, 4) is 0 Å². The van der Waals surface area contributed by atoms with Crippen LogP contribution in [0.5, 0.6) is 0 Å². The molecule has 0 amide bonds. The Kier molecular flexibility index (Phi) is 4.11. The first kappa shape index (κ1) is 13.6.